The lowest BCUT2D eigenvalue weighted by molar-refractivity contribution is -0.133. The first kappa shape index (κ1) is 19.7. The second-order valence-electron chi connectivity index (χ2n) is 7.26. The van der Waals surface area contributed by atoms with Crippen LogP contribution in [0.5, 0.6) is 0 Å². The van der Waals surface area contributed by atoms with E-state index in [0.717, 1.165) is 16.9 Å². The zero-order valence-electron chi connectivity index (χ0n) is 16.0. The molecule has 0 spiro atoms. The van der Waals surface area contributed by atoms with Gasteiger partial charge in [0.15, 0.2) is 10.9 Å². The van der Waals surface area contributed by atoms with Crippen molar-refractivity contribution >= 4 is 34.1 Å². The fourth-order valence-corrected chi connectivity index (χ4v) is 3.22. The summed E-state index contributed by atoms with van der Waals surface area (Å²) in [7, 11) is 0. The topological polar surface area (TPSA) is 102 Å². The molecule has 0 radical (unpaired) electrons. The highest BCUT2D eigenvalue weighted by Gasteiger charge is 2.20. The van der Waals surface area contributed by atoms with E-state index in [4.69, 9.17) is 0 Å². The van der Waals surface area contributed by atoms with E-state index in [2.05, 4.69) is 46.5 Å². The zero-order valence-corrected chi connectivity index (χ0v) is 16.8. The minimum atomic E-state index is -0.785. The van der Waals surface area contributed by atoms with Gasteiger partial charge in [0.25, 0.3) is 0 Å². The van der Waals surface area contributed by atoms with Crippen LogP contribution in [-0.2, 0) is 28.0 Å². The number of aromatic nitrogens is 4. The normalized spacial score (nSPS) is 11.2. The molecule has 0 saturated carbocycles. The van der Waals surface area contributed by atoms with Gasteiger partial charge in [-0.3, -0.25) is 24.6 Å². The van der Waals surface area contributed by atoms with Crippen molar-refractivity contribution in [2.75, 3.05) is 10.6 Å². The van der Waals surface area contributed by atoms with Crippen molar-refractivity contribution in [3.63, 3.8) is 0 Å². The molecule has 9 heteroatoms. The van der Waals surface area contributed by atoms with E-state index >= 15 is 0 Å². The van der Waals surface area contributed by atoms with Gasteiger partial charge in [0.2, 0.25) is 0 Å². The number of anilines is 2. The Kier molecular flexibility index (Phi) is 5.84. The number of thiazole rings is 1. The molecule has 2 N–H and O–H groups in total. The van der Waals surface area contributed by atoms with Crippen LogP contribution in [0.4, 0.5) is 10.9 Å². The number of nitrogens with zero attached hydrogens (tertiary/aromatic N) is 4. The lowest BCUT2D eigenvalue weighted by Crippen LogP contribution is -2.29. The van der Waals surface area contributed by atoms with E-state index in [1.54, 1.807) is 35.5 Å². The lowest BCUT2D eigenvalue weighted by atomic mass is 9.96. The average Bonchev–Trinajstić information content (AvgIpc) is 3.30. The molecule has 0 atom stereocenters. The second-order valence-corrected chi connectivity index (χ2v) is 8.29. The minimum absolute atomic E-state index is 0.0635. The first-order valence-electron chi connectivity index (χ1n) is 8.82. The van der Waals surface area contributed by atoms with Crippen LogP contribution < -0.4 is 10.6 Å². The molecule has 0 aliphatic heterocycles. The van der Waals surface area contributed by atoms with E-state index in [9.17, 15) is 9.59 Å². The molecule has 8 nitrogen and oxygen atoms in total. The quantitative estimate of drug-likeness (QED) is 0.644. The van der Waals surface area contributed by atoms with Gasteiger partial charge in [0, 0.05) is 42.3 Å². The third-order valence-corrected chi connectivity index (χ3v) is 5.27. The summed E-state index contributed by atoms with van der Waals surface area (Å²) in [5.74, 6) is -1.24. The molecule has 0 bridgehead atoms. The van der Waals surface area contributed by atoms with Gasteiger partial charge in [-0.2, -0.15) is 5.10 Å². The molecular formula is C19H22N6O2S. The highest BCUT2D eigenvalue weighted by atomic mass is 32.1. The third kappa shape index (κ3) is 5.23. The van der Waals surface area contributed by atoms with Crippen molar-refractivity contribution in [1.82, 2.24) is 19.7 Å². The van der Waals surface area contributed by atoms with Crippen molar-refractivity contribution in [3.8, 4) is 0 Å². The molecule has 0 fully saturated rings. The van der Waals surface area contributed by atoms with Gasteiger partial charge >= 0.3 is 11.8 Å². The fraction of sp³-hybridized carbons (Fsp3) is 0.316. The van der Waals surface area contributed by atoms with E-state index in [1.165, 1.54) is 11.3 Å². The average molecular weight is 398 g/mol. The molecule has 0 unspecified atom stereocenters. The fourth-order valence-electron chi connectivity index (χ4n) is 2.35. The molecule has 0 aromatic carbocycles. The van der Waals surface area contributed by atoms with E-state index in [0.29, 0.717) is 17.5 Å². The number of aryl methyl sites for hydroxylation is 2. The Morgan fingerprint density at radius 2 is 1.82 bits per heavy atom. The molecule has 3 aromatic rings. The number of amides is 2. The summed E-state index contributed by atoms with van der Waals surface area (Å²) in [5.41, 5.74) is 1.08. The Labute approximate surface area is 167 Å². The predicted molar refractivity (Wildman–Crippen MR) is 108 cm³/mol. The number of hydrogen-bond donors (Lipinski definition) is 2. The van der Waals surface area contributed by atoms with Gasteiger partial charge in [-0.1, -0.05) is 20.8 Å². The summed E-state index contributed by atoms with van der Waals surface area (Å²) < 4.78 is 1.71. The highest BCUT2D eigenvalue weighted by molar-refractivity contribution is 7.16. The van der Waals surface area contributed by atoms with Gasteiger partial charge in [-0.25, -0.2) is 4.98 Å². The number of carbonyl (C=O) groups is 2. The number of pyridine rings is 1. The zero-order chi connectivity index (χ0) is 20.1. The summed E-state index contributed by atoms with van der Waals surface area (Å²) in [6.45, 7) is 6.83. The largest absolute Gasteiger partial charge is 0.315 e. The Balaban J connectivity index is 1.52. The van der Waals surface area contributed by atoms with Gasteiger partial charge in [0.1, 0.15) is 0 Å². The van der Waals surface area contributed by atoms with Crippen LogP contribution >= 0.6 is 11.3 Å². The number of nitrogens with one attached hydrogen (secondary N) is 2. The van der Waals surface area contributed by atoms with Crippen molar-refractivity contribution < 1.29 is 9.59 Å². The van der Waals surface area contributed by atoms with Crippen LogP contribution in [0, 0.1) is 0 Å². The molecule has 146 valence electrons. The summed E-state index contributed by atoms with van der Waals surface area (Å²) in [5, 5.41) is 9.69. The van der Waals surface area contributed by atoms with Gasteiger partial charge < -0.3 is 5.32 Å². The molecule has 3 heterocycles. The summed E-state index contributed by atoms with van der Waals surface area (Å²) in [6.07, 6.45) is 7.75. The van der Waals surface area contributed by atoms with Gasteiger partial charge in [-0.15, -0.1) is 11.3 Å². The Morgan fingerprint density at radius 3 is 2.50 bits per heavy atom. The van der Waals surface area contributed by atoms with E-state index in [1.807, 2.05) is 12.1 Å². The van der Waals surface area contributed by atoms with E-state index < -0.39 is 11.8 Å². The van der Waals surface area contributed by atoms with E-state index in [-0.39, 0.29) is 5.41 Å². The first-order chi connectivity index (χ1) is 13.3. The molecule has 0 aliphatic carbocycles. The van der Waals surface area contributed by atoms with Crippen LogP contribution in [0.2, 0.25) is 0 Å². The lowest BCUT2D eigenvalue weighted by Gasteiger charge is -2.14. The van der Waals surface area contributed by atoms with Gasteiger partial charge in [0.05, 0.1) is 0 Å². The molecule has 2 amide bonds. The highest BCUT2D eigenvalue weighted by Crippen LogP contribution is 2.29. The molecule has 3 aromatic heterocycles. The van der Waals surface area contributed by atoms with Crippen molar-refractivity contribution in [2.24, 2.45) is 0 Å². The number of hydrogen-bond acceptors (Lipinski definition) is 6. The van der Waals surface area contributed by atoms with Gasteiger partial charge in [-0.05, 0) is 29.5 Å². The summed E-state index contributed by atoms with van der Waals surface area (Å²) in [4.78, 5) is 33.4. The Morgan fingerprint density at radius 1 is 1.11 bits per heavy atom. The molecule has 28 heavy (non-hydrogen) atoms. The third-order valence-electron chi connectivity index (χ3n) is 3.93. The SMILES string of the molecule is CC(C)(C)c1cnc(NC(=O)C(=O)Nc2ccn(CCc3ccncc3)n2)s1. The number of rotatable bonds is 5. The van der Waals surface area contributed by atoms with Crippen molar-refractivity contribution in [1.29, 1.82) is 0 Å². The first-order valence-corrected chi connectivity index (χ1v) is 9.64. The van der Waals surface area contributed by atoms with Crippen LogP contribution in [0.15, 0.2) is 43.0 Å². The summed E-state index contributed by atoms with van der Waals surface area (Å²) in [6, 6.07) is 5.54. The molecule has 0 aliphatic rings. The van der Waals surface area contributed by atoms with Crippen LogP contribution in [0.3, 0.4) is 0 Å². The maximum absolute atomic E-state index is 12.1. The summed E-state index contributed by atoms with van der Waals surface area (Å²) >= 11 is 1.35. The van der Waals surface area contributed by atoms with Crippen LogP contribution in [0.1, 0.15) is 31.2 Å². The molecule has 3 rings (SSSR count). The van der Waals surface area contributed by atoms with Crippen molar-refractivity contribution in [3.05, 3.63) is 53.4 Å². The monoisotopic (exact) mass is 398 g/mol. The van der Waals surface area contributed by atoms with Crippen LogP contribution in [0.25, 0.3) is 0 Å². The van der Waals surface area contributed by atoms with Crippen LogP contribution in [-0.4, -0.2) is 31.6 Å². The minimum Gasteiger partial charge on any atom is -0.301 e. The maximum atomic E-state index is 12.1. The maximum Gasteiger partial charge on any atom is 0.315 e. The predicted octanol–water partition coefficient (Wildman–Crippen LogP) is 2.85. The second kappa shape index (κ2) is 8.30. The molecular weight excluding hydrogens is 376 g/mol. The molecule has 0 saturated heterocycles. The Hall–Kier alpha value is -3.07. The van der Waals surface area contributed by atoms with Crippen molar-refractivity contribution in [2.45, 2.75) is 39.2 Å². The Bertz CT molecular complexity index is 958. The standard InChI is InChI=1S/C19H22N6O2S/c1-19(2,3)14-12-21-18(28-14)23-17(27)16(26)22-15-7-11-25(24-15)10-6-13-4-8-20-9-5-13/h4-5,7-9,11-12H,6,10H2,1-3H3,(H,21,23,27)(H,22,24,26). The number of carbonyl (C=O) groups excluding carboxylic acids is 2. The smallest absolute Gasteiger partial charge is 0.301 e.